The number of rotatable bonds is 3. The highest BCUT2D eigenvalue weighted by Gasteiger charge is 2.34. The summed E-state index contributed by atoms with van der Waals surface area (Å²) >= 11 is 0. The van der Waals surface area contributed by atoms with E-state index in [-0.39, 0.29) is 18.5 Å². The largest absolute Gasteiger partial charge is 0.493 e. The number of nitrogens with zero attached hydrogens (tertiary/aromatic N) is 1. The molecule has 2 amide bonds. The summed E-state index contributed by atoms with van der Waals surface area (Å²) in [5.74, 6) is 0.0352. The van der Waals surface area contributed by atoms with Crippen molar-refractivity contribution in [1.82, 2.24) is 4.90 Å². The number of carbonyl (C=O) groups is 2. The molecule has 0 aliphatic carbocycles. The van der Waals surface area contributed by atoms with E-state index in [0.29, 0.717) is 22.6 Å². The van der Waals surface area contributed by atoms with Crippen LogP contribution in [0, 0.1) is 0 Å². The van der Waals surface area contributed by atoms with Crippen molar-refractivity contribution in [2.45, 2.75) is 0 Å². The van der Waals surface area contributed by atoms with Crippen molar-refractivity contribution >= 4 is 11.8 Å². The first-order chi connectivity index (χ1) is 8.10. The smallest absolute Gasteiger partial charge is 0.261 e. The lowest BCUT2D eigenvalue weighted by molar-refractivity contribution is 0.0693. The molecule has 6 nitrogen and oxygen atoms in total. The third kappa shape index (κ3) is 1.62. The minimum absolute atomic E-state index is 0.0346. The van der Waals surface area contributed by atoms with Crippen LogP contribution in [-0.2, 0) is 0 Å². The molecule has 1 aliphatic rings. The molecule has 0 fully saturated rings. The molecule has 0 unspecified atom stereocenters. The van der Waals surface area contributed by atoms with Gasteiger partial charge in [0.15, 0.2) is 11.5 Å². The number of benzene rings is 1. The molecular formula is C11H12N2O4. The van der Waals surface area contributed by atoms with Crippen LogP contribution < -0.4 is 15.2 Å². The Hall–Kier alpha value is -2.08. The summed E-state index contributed by atoms with van der Waals surface area (Å²) in [6, 6.07) is 2.97. The van der Waals surface area contributed by atoms with Crippen molar-refractivity contribution in [3.05, 3.63) is 23.3 Å². The third-order valence-corrected chi connectivity index (χ3v) is 2.61. The number of nitrogens with two attached hydrogens (primary N) is 1. The highest BCUT2D eigenvalue weighted by atomic mass is 16.5. The SMILES string of the molecule is COc1cc2c(cc1OCN)C(=O)N(C)C2=O. The number of hydrogen-bond acceptors (Lipinski definition) is 5. The molecule has 0 aromatic heterocycles. The van der Waals surface area contributed by atoms with Crippen LogP contribution >= 0.6 is 0 Å². The fourth-order valence-electron chi connectivity index (χ4n) is 1.73. The number of fused-ring (bicyclic) bond motifs is 1. The lowest BCUT2D eigenvalue weighted by atomic mass is 10.1. The van der Waals surface area contributed by atoms with Gasteiger partial charge in [-0.15, -0.1) is 0 Å². The van der Waals surface area contributed by atoms with E-state index in [2.05, 4.69) is 0 Å². The second kappa shape index (κ2) is 4.06. The van der Waals surface area contributed by atoms with Gasteiger partial charge >= 0.3 is 0 Å². The quantitative estimate of drug-likeness (QED) is 0.599. The van der Waals surface area contributed by atoms with Crippen LogP contribution in [0.4, 0.5) is 0 Å². The Morgan fingerprint density at radius 1 is 1.18 bits per heavy atom. The van der Waals surface area contributed by atoms with Crippen LogP contribution in [0.2, 0.25) is 0 Å². The predicted molar refractivity (Wildman–Crippen MR) is 59.1 cm³/mol. The molecule has 6 heteroatoms. The second-order valence-corrected chi connectivity index (χ2v) is 3.53. The van der Waals surface area contributed by atoms with Crippen LogP contribution in [-0.4, -0.2) is 37.6 Å². The number of carbonyl (C=O) groups excluding carboxylic acids is 2. The molecule has 0 atom stereocenters. The lowest BCUT2D eigenvalue weighted by Crippen LogP contribution is -2.24. The van der Waals surface area contributed by atoms with E-state index in [1.807, 2.05) is 0 Å². The summed E-state index contributed by atoms with van der Waals surface area (Å²) in [5.41, 5.74) is 5.90. The molecule has 1 aliphatic heterocycles. The number of methoxy groups -OCH3 is 1. The Kier molecular flexibility index (Phi) is 2.72. The third-order valence-electron chi connectivity index (χ3n) is 2.61. The van der Waals surface area contributed by atoms with Crippen molar-refractivity contribution in [2.75, 3.05) is 20.9 Å². The van der Waals surface area contributed by atoms with Gasteiger partial charge in [0, 0.05) is 7.05 Å². The van der Waals surface area contributed by atoms with E-state index in [4.69, 9.17) is 15.2 Å². The Morgan fingerprint density at radius 2 is 1.71 bits per heavy atom. The van der Waals surface area contributed by atoms with Crippen LogP contribution in [0.5, 0.6) is 11.5 Å². The lowest BCUT2D eigenvalue weighted by Gasteiger charge is -2.09. The molecule has 1 heterocycles. The topological polar surface area (TPSA) is 81.9 Å². The van der Waals surface area contributed by atoms with Crippen LogP contribution in [0.3, 0.4) is 0 Å². The fourth-order valence-corrected chi connectivity index (χ4v) is 1.73. The van der Waals surface area contributed by atoms with Crippen molar-refractivity contribution in [1.29, 1.82) is 0 Å². The molecule has 90 valence electrons. The summed E-state index contributed by atoms with van der Waals surface area (Å²) in [6.45, 7) is -0.0346. The van der Waals surface area contributed by atoms with E-state index in [1.165, 1.54) is 26.3 Å². The molecule has 0 bridgehead atoms. The van der Waals surface area contributed by atoms with E-state index in [0.717, 1.165) is 4.90 Å². The summed E-state index contributed by atoms with van der Waals surface area (Å²) in [5, 5.41) is 0. The van der Waals surface area contributed by atoms with Gasteiger partial charge in [0.05, 0.1) is 18.2 Å². The maximum atomic E-state index is 11.7. The molecule has 17 heavy (non-hydrogen) atoms. The first-order valence-electron chi connectivity index (χ1n) is 4.97. The molecule has 2 rings (SSSR count). The van der Waals surface area contributed by atoms with Gasteiger partial charge in [-0.2, -0.15) is 0 Å². The van der Waals surface area contributed by atoms with Gasteiger partial charge in [0.2, 0.25) is 0 Å². The molecule has 0 radical (unpaired) electrons. The summed E-state index contributed by atoms with van der Waals surface area (Å²) in [4.78, 5) is 24.5. The summed E-state index contributed by atoms with van der Waals surface area (Å²) in [6.07, 6.45) is 0. The van der Waals surface area contributed by atoms with Gasteiger partial charge in [0.25, 0.3) is 11.8 Å². The Balaban J connectivity index is 2.57. The molecule has 0 saturated carbocycles. The molecule has 2 N–H and O–H groups in total. The van der Waals surface area contributed by atoms with Crippen LogP contribution in [0.15, 0.2) is 12.1 Å². The van der Waals surface area contributed by atoms with Crippen molar-refractivity contribution in [3.8, 4) is 11.5 Å². The zero-order chi connectivity index (χ0) is 12.6. The predicted octanol–water partition coefficient (Wildman–Crippen LogP) is 0.216. The fraction of sp³-hybridized carbons (Fsp3) is 0.273. The Labute approximate surface area is 97.9 Å². The zero-order valence-corrected chi connectivity index (χ0v) is 9.52. The molecular weight excluding hydrogens is 224 g/mol. The number of imide groups is 1. The summed E-state index contributed by atoms with van der Waals surface area (Å²) < 4.78 is 10.2. The van der Waals surface area contributed by atoms with Crippen molar-refractivity contribution in [3.63, 3.8) is 0 Å². The minimum Gasteiger partial charge on any atom is -0.493 e. The highest BCUT2D eigenvalue weighted by Crippen LogP contribution is 2.34. The second-order valence-electron chi connectivity index (χ2n) is 3.53. The molecule has 1 aromatic rings. The normalized spacial score (nSPS) is 13.9. The van der Waals surface area contributed by atoms with E-state index in [9.17, 15) is 9.59 Å². The number of hydrogen-bond donors (Lipinski definition) is 1. The van der Waals surface area contributed by atoms with Gasteiger partial charge in [-0.1, -0.05) is 0 Å². The molecule has 0 spiro atoms. The first kappa shape index (κ1) is 11.4. The average Bonchev–Trinajstić information content (AvgIpc) is 2.54. The Morgan fingerprint density at radius 3 is 2.18 bits per heavy atom. The van der Waals surface area contributed by atoms with E-state index >= 15 is 0 Å². The van der Waals surface area contributed by atoms with Crippen LogP contribution in [0.1, 0.15) is 20.7 Å². The zero-order valence-electron chi connectivity index (χ0n) is 9.52. The average molecular weight is 236 g/mol. The monoisotopic (exact) mass is 236 g/mol. The maximum absolute atomic E-state index is 11.7. The van der Waals surface area contributed by atoms with Crippen LogP contribution in [0.25, 0.3) is 0 Å². The molecule has 0 saturated heterocycles. The maximum Gasteiger partial charge on any atom is 0.261 e. The van der Waals surface area contributed by atoms with E-state index in [1.54, 1.807) is 0 Å². The van der Waals surface area contributed by atoms with Crippen molar-refractivity contribution < 1.29 is 19.1 Å². The van der Waals surface area contributed by atoms with Gasteiger partial charge in [-0.05, 0) is 12.1 Å². The Bertz CT molecular complexity index is 498. The van der Waals surface area contributed by atoms with Crippen molar-refractivity contribution in [2.24, 2.45) is 5.73 Å². The van der Waals surface area contributed by atoms with E-state index < -0.39 is 0 Å². The number of amides is 2. The van der Waals surface area contributed by atoms with Gasteiger partial charge < -0.3 is 9.47 Å². The minimum atomic E-state index is -0.352. The first-order valence-corrected chi connectivity index (χ1v) is 4.97. The van der Waals surface area contributed by atoms with Gasteiger partial charge in [-0.25, -0.2) is 0 Å². The standard InChI is InChI=1S/C11H12N2O4/c1-13-10(14)6-3-8(16-2)9(17-5-12)4-7(6)11(13)15/h3-4H,5,12H2,1-2H3. The summed E-state index contributed by atoms with van der Waals surface area (Å²) in [7, 11) is 2.89. The highest BCUT2D eigenvalue weighted by molar-refractivity contribution is 6.21. The molecule has 1 aromatic carbocycles. The number of ether oxygens (including phenoxy) is 2. The van der Waals surface area contributed by atoms with Gasteiger partial charge in [0.1, 0.15) is 6.73 Å². The van der Waals surface area contributed by atoms with Gasteiger partial charge in [-0.3, -0.25) is 20.2 Å².